The Labute approximate surface area is 562 Å². The van der Waals surface area contributed by atoms with Gasteiger partial charge in [0.1, 0.15) is 19.3 Å². The van der Waals surface area contributed by atoms with Crippen LogP contribution in [0.1, 0.15) is 381 Å². The molecule has 3 N–H and O–H groups in total. The van der Waals surface area contributed by atoms with E-state index in [2.05, 4.69) is 34.6 Å². The van der Waals surface area contributed by atoms with Crippen LogP contribution in [0.2, 0.25) is 0 Å². The Hall–Kier alpha value is -1.94. The third-order valence-electron chi connectivity index (χ3n) is 17.0. The Morgan fingerprint density at radius 2 is 0.500 bits per heavy atom. The summed E-state index contributed by atoms with van der Waals surface area (Å²) in [6, 6.07) is 0. The first-order valence-electron chi connectivity index (χ1n) is 38.1. The monoisotopic (exact) mass is 1350 g/mol. The molecule has 0 spiro atoms. The zero-order chi connectivity index (χ0) is 67.7. The summed E-state index contributed by atoms with van der Waals surface area (Å²) < 4.78 is 68.3. The number of carbonyl (C=O) groups excluding carboxylic acids is 4. The van der Waals surface area contributed by atoms with Gasteiger partial charge in [-0.15, -0.1) is 0 Å². The molecular weight excluding hydrogens is 1210 g/mol. The Bertz CT molecular complexity index is 1770. The van der Waals surface area contributed by atoms with Gasteiger partial charge in [0.15, 0.2) is 12.2 Å². The number of phosphoric ester groups is 2. The van der Waals surface area contributed by atoms with Gasteiger partial charge in [-0.05, 0) is 31.6 Å². The fraction of sp³-hybridized carbons (Fsp3) is 0.945. The maximum Gasteiger partial charge on any atom is 0.472 e. The Morgan fingerprint density at radius 1 is 0.293 bits per heavy atom. The van der Waals surface area contributed by atoms with Crippen molar-refractivity contribution in [3.8, 4) is 0 Å². The smallest absolute Gasteiger partial charge is 0.462 e. The second-order valence-corrected chi connectivity index (χ2v) is 29.7. The zero-order valence-corrected chi connectivity index (χ0v) is 61.5. The van der Waals surface area contributed by atoms with E-state index in [0.29, 0.717) is 31.6 Å². The predicted octanol–water partition coefficient (Wildman–Crippen LogP) is 21.3. The first-order chi connectivity index (χ1) is 44.5. The van der Waals surface area contributed by atoms with Crippen molar-refractivity contribution < 1.29 is 80.2 Å². The van der Waals surface area contributed by atoms with Crippen LogP contribution in [0.5, 0.6) is 0 Å². The van der Waals surface area contributed by atoms with Crippen LogP contribution in [-0.2, 0) is 65.4 Å². The predicted molar refractivity (Wildman–Crippen MR) is 372 cm³/mol. The van der Waals surface area contributed by atoms with Crippen molar-refractivity contribution in [1.29, 1.82) is 0 Å². The highest BCUT2D eigenvalue weighted by atomic mass is 31.2. The lowest BCUT2D eigenvalue weighted by molar-refractivity contribution is -0.161. The lowest BCUT2D eigenvalue weighted by Gasteiger charge is -2.21. The molecule has 92 heavy (non-hydrogen) atoms. The van der Waals surface area contributed by atoms with Crippen LogP contribution in [0.3, 0.4) is 0 Å². The van der Waals surface area contributed by atoms with Crippen molar-refractivity contribution in [3.05, 3.63) is 0 Å². The molecule has 5 atom stereocenters. The molecule has 0 aliphatic rings. The van der Waals surface area contributed by atoms with Crippen LogP contribution in [0.15, 0.2) is 0 Å². The molecule has 0 fully saturated rings. The van der Waals surface area contributed by atoms with Crippen LogP contribution in [0.25, 0.3) is 0 Å². The van der Waals surface area contributed by atoms with Gasteiger partial charge < -0.3 is 33.8 Å². The number of esters is 4. The van der Waals surface area contributed by atoms with Crippen molar-refractivity contribution in [2.75, 3.05) is 39.6 Å². The Morgan fingerprint density at radius 3 is 0.739 bits per heavy atom. The highest BCUT2D eigenvalue weighted by Crippen LogP contribution is 2.45. The van der Waals surface area contributed by atoms with E-state index in [1.807, 2.05) is 0 Å². The van der Waals surface area contributed by atoms with Gasteiger partial charge in [0.05, 0.1) is 26.4 Å². The van der Waals surface area contributed by atoms with Crippen LogP contribution < -0.4 is 0 Å². The molecule has 0 heterocycles. The summed E-state index contributed by atoms with van der Waals surface area (Å²) in [6.07, 6.45) is 54.3. The minimum Gasteiger partial charge on any atom is -0.462 e. The molecular formula is C73H142O17P2. The molecule has 0 radical (unpaired) electrons. The Balaban J connectivity index is 5.19. The van der Waals surface area contributed by atoms with Gasteiger partial charge in [-0.25, -0.2) is 9.13 Å². The second-order valence-electron chi connectivity index (χ2n) is 26.8. The van der Waals surface area contributed by atoms with E-state index < -0.39 is 97.5 Å². The number of hydrogen-bond acceptors (Lipinski definition) is 15. The van der Waals surface area contributed by atoms with E-state index in [4.69, 9.17) is 37.0 Å². The third-order valence-corrected chi connectivity index (χ3v) is 18.9. The van der Waals surface area contributed by atoms with Crippen molar-refractivity contribution in [1.82, 2.24) is 0 Å². The fourth-order valence-corrected chi connectivity index (χ4v) is 12.8. The average Bonchev–Trinajstić information content (AvgIpc) is 2.78. The van der Waals surface area contributed by atoms with Gasteiger partial charge in [0.2, 0.25) is 0 Å². The van der Waals surface area contributed by atoms with E-state index in [9.17, 15) is 43.2 Å². The number of aliphatic hydroxyl groups is 1. The van der Waals surface area contributed by atoms with Gasteiger partial charge in [-0.3, -0.25) is 37.3 Å². The first kappa shape index (κ1) is 90.1. The quantitative estimate of drug-likeness (QED) is 0.0222. The van der Waals surface area contributed by atoms with Crippen LogP contribution >= 0.6 is 15.6 Å². The summed E-state index contributed by atoms with van der Waals surface area (Å²) >= 11 is 0. The summed E-state index contributed by atoms with van der Waals surface area (Å²) in [5, 5.41) is 10.6. The zero-order valence-electron chi connectivity index (χ0n) is 59.7. The molecule has 19 heteroatoms. The van der Waals surface area contributed by atoms with Crippen molar-refractivity contribution >= 4 is 39.5 Å². The van der Waals surface area contributed by atoms with E-state index in [1.165, 1.54) is 199 Å². The number of carbonyl (C=O) groups is 4. The minimum absolute atomic E-state index is 0.104. The van der Waals surface area contributed by atoms with Crippen LogP contribution in [0.4, 0.5) is 0 Å². The van der Waals surface area contributed by atoms with Gasteiger partial charge in [-0.1, -0.05) is 330 Å². The SMILES string of the molecule is CCCCCCCCCCCCCCCCCCCC(=O)OC[C@H](COP(=O)(O)OC[C@@H](O)COP(=O)(O)OC[C@@H](COC(=O)CCCCCCCCCC)OC(=O)CCCCCCCCCC(C)C)OC(=O)CCCCCCCCCCCCCCCCCCC. The third kappa shape index (κ3) is 66.7. The maximum absolute atomic E-state index is 13.1. The highest BCUT2D eigenvalue weighted by molar-refractivity contribution is 7.47. The molecule has 0 aliphatic carbocycles. The van der Waals surface area contributed by atoms with E-state index in [0.717, 1.165) is 96.3 Å². The van der Waals surface area contributed by atoms with Crippen molar-refractivity contribution in [2.45, 2.75) is 400 Å². The van der Waals surface area contributed by atoms with Gasteiger partial charge in [-0.2, -0.15) is 0 Å². The molecule has 0 aliphatic heterocycles. The molecule has 0 aromatic carbocycles. The number of rotatable bonds is 73. The summed E-state index contributed by atoms with van der Waals surface area (Å²) in [5.41, 5.74) is 0. The number of ether oxygens (including phenoxy) is 4. The van der Waals surface area contributed by atoms with Crippen molar-refractivity contribution in [2.24, 2.45) is 5.92 Å². The molecule has 0 rings (SSSR count). The molecule has 0 saturated carbocycles. The summed E-state index contributed by atoms with van der Waals surface area (Å²) in [7, 11) is -9.90. The number of hydrogen-bond donors (Lipinski definition) is 3. The summed E-state index contributed by atoms with van der Waals surface area (Å²) in [5.74, 6) is -1.43. The van der Waals surface area contributed by atoms with E-state index in [1.54, 1.807) is 0 Å². The van der Waals surface area contributed by atoms with Crippen LogP contribution in [0, 0.1) is 5.92 Å². The average molecular weight is 1350 g/mol. The second kappa shape index (κ2) is 66.3. The Kier molecular flexibility index (Phi) is 64.9. The summed E-state index contributed by atoms with van der Waals surface area (Å²) in [4.78, 5) is 72.5. The van der Waals surface area contributed by atoms with Gasteiger partial charge in [0, 0.05) is 25.7 Å². The number of unbranched alkanes of at least 4 members (excludes halogenated alkanes) is 45. The maximum atomic E-state index is 13.1. The van der Waals surface area contributed by atoms with Crippen LogP contribution in [-0.4, -0.2) is 96.7 Å². The molecule has 17 nitrogen and oxygen atoms in total. The van der Waals surface area contributed by atoms with Gasteiger partial charge >= 0.3 is 39.5 Å². The van der Waals surface area contributed by atoms with E-state index >= 15 is 0 Å². The normalized spacial score (nSPS) is 14.0. The van der Waals surface area contributed by atoms with Crippen molar-refractivity contribution in [3.63, 3.8) is 0 Å². The summed E-state index contributed by atoms with van der Waals surface area (Å²) in [6.45, 7) is 7.18. The molecule has 0 aromatic rings. The highest BCUT2D eigenvalue weighted by Gasteiger charge is 2.30. The molecule has 2 unspecified atom stereocenters. The lowest BCUT2D eigenvalue weighted by atomic mass is 10.0. The van der Waals surface area contributed by atoms with E-state index in [-0.39, 0.29) is 25.7 Å². The molecule has 0 bridgehead atoms. The first-order valence-corrected chi connectivity index (χ1v) is 41.1. The molecule has 0 aromatic heterocycles. The number of aliphatic hydroxyl groups excluding tert-OH is 1. The standard InChI is InChI=1S/C73H142O17P2/c1-6-9-12-15-18-21-23-25-27-29-31-33-35-37-42-47-52-57-71(76)84-63-68(89-72(77)58-53-48-43-38-36-34-32-30-28-26-24-22-19-16-13-10-7-2)64-87-91(79,80)85-60-67(74)61-86-92(81,82)88-65-69(62-83-70(75)56-51-46-41-20-17-14-11-8-3)90-73(78)59-54-49-44-39-40-45-50-55-66(4)5/h66-69,74H,6-65H2,1-5H3,(H,79,80)(H,81,82)/t67-,68-,69-/m1/s1. The molecule has 0 saturated heterocycles. The topological polar surface area (TPSA) is 237 Å². The minimum atomic E-state index is -4.95. The largest absolute Gasteiger partial charge is 0.472 e. The molecule has 0 amide bonds. The molecule has 546 valence electrons. The fourth-order valence-electron chi connectivity index (χ4n) is 11.2. The lowest BCUT2D eigenvalue weighted by Crippen LogP contribution is -2.30. The number of phosphoric acid groups is 2. The van der Waals surface area contributed by atoms with Gasteiger partial charge in [0.25, 0.3) is 0 Å².